The summed E-state index contributed by atoms with van der Waals surface area (Å²) in [6, 6.07) is 8.97. The number of aryl methyl sites for hydroxylation is 2. The molecule has 0 bridgehead atoms. The third-order valence-corrected chi connectivity index (χ3v) is 6.18. The summed E-state index contributed by atoms with van der Waals surface area (Å²) in [4.78, 5) is 14.5. The molecule has 182 valence electrons. The van der Waals surface area contributed by atoms with Crippen LogP contribution in [0.5, 0.6) is 5.75 Å². The molecule has 0 aliphatic carbocycles. The number of aromatic nitrogens is 1. The summed E-state index contributed by atoms with van der Waals surface area (Å²) in [6.45, 7) is 7.83. The van der Waals surface area contributed by atoms with Gasteiger partial charge in [0.05, 0.1) is 24.5 Å². The maximum atomic E-state index is 13.5. The quantitative estimate of drug-likeness (QED) is 0.398. The van der Waals surface area contributed by atoms with E-state index in [1.54, 1.807) is 12.1 Å². The lowest BCUT2D eigenvalue weighted by Crippen LogP contribution is -2.38. The molecule has 0 spiro atoms. The molecule has 3 heterocycles. The number of carboxylic acids is 1. The van der Waals surface area contributed by atoms with Crippen LogP contribution in [-0.2, 0) is 4.74 Å². The predicted octanol–water partition coefficient (Wildman–Crippen LogP) is 4.92. The molecule has 2 aromatic heterocycles. The normalized spacial score (nSPS) is 14.5. The zero-order valence-electron chi connectivity index (χ0n) is 19.5. The second-order valence-corrected chi connectivity index (χ2v) is 8.46. The first-order valence-electron chi connectivity index (χ1n) is 11.4. The first-order valence-corrected chi connectivity index (χ1v) is 11.4. The van der Waals surface area contributed by atoms with Gasteiger partial charge in [-0.2, -0.15) is 0 Å². The van der Waals surface area contributed by atoms with Crippen molar-refractivity contribution in [3.63, 3.8) is 0 Å². The molecule has 0 amide bonds. The summed E-state index contributed by atoms with van der Waals surface area (Å²) in [5, 5.41) is 14.5. The molecule has 9 heteroatoms. The largest absolute Gasteiger partial charge is 0.492 e. The van der Waals surface area contributed by atoms with E-state index in [9.17, 15) is 14.3 Å². The summed E-state index contributed by atoms with van der Waals surface area (Å²) >= 11 is 0. The number of aromatic carboxylic acids is 1. The van der Waals surface area contributed by atoms with Gasteiger partial charge in [0.15, 0.2) is 0 Å². The fourth-order valence-electron chi connectivity index (χ4n) is 4.43. The van der Waals surface area contributed by atoms with Crippen molar-refractivity contribution in [1.82, 2.24) is 10.1 Å². The average molecular weight is 480 g/mol. The Morgan fingerprint density at radius 1 is 1.17 bits per heavy atom. The second kappa shape index (κ2) is 9.52. The van der Waals surface area contributed by atoms with E-state index in [0.717, 1.165) is 18.7 Å². The van der Waals surface area contributed by atoms with Crippen LogP contribution in [0.2, 0.25) is 0 Å². The van der Waals surface area contributed by atoms with Crippen molar-refractivity contribution in [3.8, 4) is 28.2 Å². The van der Waals surface area contributed by atoms with Crippen molar-refractivity contribution in [3.05, 3.63) is 59.2 Å². The van der Waals surface area contributed by atoms with Gasteiger partial charge in [-0.3, -0.25) is 4.90 Å². The topological polar surface area (TPSA) is 98.2 Å². The molecule has 5 rings (SSSR count). The highest BCUT2D eigenvalue weighted by Gasteiger charge is 2.26. The van der Waals surface area contributed by atoms with Crippen molar-refractivity contribution in [2.45, 2.75) is 13.8 Å². The minimum atomic E-state index is -1.15. The van der Waals surface area contributed by atoms with Crippen LogP contribution in [0, 0.1) is 19.7 Å². The number of hydrogen-bond acceptors (Lipinski definition) is 7. The standard InChI is InChI=1S/C26H25FN2O6/c1-15-23(16(2)35-28-15)19-14-22-20(13-21(19)33-12-9-29-7-10-32-11-8-29)24(26(30)31)25(34-22)17-3-5-18(27)6-4-17/h3-6,13-14H,7-12H2,1-2H3,(H,30,31). The summed E-state index contributed by atoms with van der Waals surface area (Å²) in [6.07, 6.45) is 0. The monoisotopic (exact) mass is 480 g/mol. The number of rotatable bonds is 7. The first kappa shape index (κ1) is 23.1. The fraction of sp³-hybridized carbons (Fsp3) is 0.308. The molecule has 8 nitrogen and oxygen atoms in total. The van der Waals surface area contributed by atoms with Gasteiger partial charge < -0.3 is 23.5 Å². The summed E-state index contributed by atoms with van der Waals surface area (Å²) in [5.41, 5.74) is 2.99. The third-order valence-electron chi connectivity index (χ3n) is 6.18. The van der Waals surface area contributed by atoms with Gasteiger partial charge in [0.2, 0.25) is 0 Å². The van der Waals surface area contributed by atoms with Gasteiger partial charge in [0, 0.05) is 36.1 Å². The highest BCUT2D eigenvalue weighted by atomic mass is 19.1. The van der Waals surface area contributed by atoms with Crippen LogP contribution < -0.4 is 4.74 Å². The average Bonchev–Trinajstić information content (AvgIpc) is 3.38. The molecule has 1 N–H and O–H groups in total. The third kappa shape index (κ3) is 4.52. The number of halogens is 1. The van der Waals surface area contributed by atoms with Crippen molar-refractivity contribution in [2.24, 2.45) is 0 Å². The number of benzene rings is 2. The van der Waals surface area contributed by atoms with Gasteiger partial charge in [-0.25, -0.2) is 9.18 Å². The highest BCUT2D eigenvalue weighted by Crippen LogP contribution is 2.42. The molecule has 0 radical (unpaired) electrons. The Bertz CT molecular complexity index is 1350. The van der Waals surface area contributed by atoms with E-state index in [2.05, 4.69) is 10.1 Å². The molecule has 1 aliphatic heterocycles. The number of morpholine rings is 1. The molecule has 4 aromatic rings. The van der Waals surface area contributed by atoms with Crippen LogP contribution in [0.4, 0.5) is 4.39 Å². The van der Waals surface area contributed by atoms with Crippen LogP contribution in [0.1, 0.15) is 21.8 Å². The van der Waals surface area contributed by atoms with E-state index in [1.807, 2.05) is 13.8 Å². The number of carboxylic acid groups (broad SMARTS) is 1. The predicted molar refractivity (Wildman–Crippen MR) is 126 cm³/mol. The van der Waals surface area contributed by atoms with E-state index >= 15 is 0 Å². The zero-order valence-corrected chi connectivity index (χ0v) is 19.5. The highest BCUT2D eigenvalue weighted by molar-refractivity contribution is 6.09. The van der Waals surface area contributed by atoms with Gasteiger partial charge in [-0.15, -0.1) is 0 Å². The van der Waals surface area contributed by atoms with Crippen LogP contribution in [-0.4, -0.2) is 60.6 Å². The van der Waals surface area contributed by atoms with E-state index in [1.165, 1.54) is 24.3 Å². The molecule has 2 aromatic carbocycles. The van der Waals surface area contributed by atoms with Gasteiger partial charge >= 0.3 is 5.97 Å². The van der Waals surface area contributed by atoms with Crippen molar-refractivity contribution in [2.75, 3.05) is 39.5 Å². The van der Waals surface area contributed by atoms with Gasteiger partial charge in [0.1, 0.15) is 40.8 Å². The maximum Gasteiger partial charge on any atom is 0.340 e. The molecule has 0 unspecified atom stereocenters. The molecule has 0 saturated carbocycles. The number of hydrogen-bond donors (Lipinski definition) is 1. The SMILES string of the molecule is Cc1noc(C)c1-c1cc2oc(-c3ccc(F)cc3)c(C(=O)O)c2cc1OCCN1CCOCC1. The van der Waals surface area contributed by atoms with E-state index in [4.69, 9.17) is 18.4 Å². The van der Waals surface area contributed by atoms with Crippen molar-refractivity contribution < 1.29 is 32.7 Å². The number of nitrogens with zero attached hydrogens (tertiary/aromatic N) is 2. The van der Waals surface area contributed by atoms with Gasteiger partial charge in [0.25, 0.3) is 0 Å². The lowest BCUT2D eigenvalue weighted by molar-refractivity contribution is 0.0323. The Morgan fingerprint density at radius 3 is 2.57 bits per heavy atom. The Balaban J connectivity index is 1.61. The van der Waals surface area contributed by atoms with E-state index in [0.29, 0.717) is 65.7 Å². The van der Waals surface area contributed by atoms with Gasteiger partial charge in [-0.1, -0.05) is 5.16 Å². The molecule has 1 saturated heterocycles. The summed E-state index contributed by atoms with van der Waals surface area (Å²) < 4.78 is 36.5. The van der Waals surface area contributed by atoms with Crippen LogP contribution in [0.25, 0.3) is 33.4 Å². The summed E-state index contributed by atoms with van der Waals surface area (Å²) in [5.74, 6) is -0.286. The molecular weight excluding hydrogens is 455 g/mol. The minimum absolute atomic E-state index is 0.00468. The Labute approximate surface area is 200 Å². The number of fused-ring (bicyclic) bond motifs is 1. The molecule has 1 aliphatic rings. The zero-order chi connectivity index (χ0) is 24.5. The lowest BCUT2D eigenvalue weighted by atomic mass is 9.99. The lowest BCUT2D eigenvalue weighted by Gasteiger charge is -2.26. The Morgan fingerprint density at radius 2 is 1.91 bits per heavy atom. The van der Waals surface area contributed by atoms with Gasteiger partial charge in [-0.05, 0) is 50.2 Å². The number of carbonyl (C=O) groups is 1. The molecule has 1 fully saturated rings. The first-order chi connectivity index (χ1) is 16.9. The van der Waals surface area contributed by atoms with Crippen LogP contribution >= 0.6 is 0 Å². The second-order valence-electron chi connectivity index (χ2n) is 8.46. The van der Waals surface area contributed by atoms with E-state index in [-0.39, 0.29) is 11.3 Å². The molecule has 0 atom stereocenters. The molecule has 35 heavy (non-hydrogen) atoms. The fourth-order valence-corrected chi connectivity index (χ4v) is 4.43. The Hall–Kier alpha value is -3.69. The summed E-state index contributed by atoms with van der Waals surface area (Å²) in [7, 11) is 0. The van der Waals surface area contributed by atoms with Crippen LogP contribution in [0.15, 0.2) is 45.3 Å². The maximum absolute atomic E-state index is 13.5. The molecular formula is C26H25FN2O6. The van der Waals surface area contributed by atoms with Crippen molar-refractivity contribution in [1.29, 1.82) is 0 Å². The van der Waals surface area contributed by atoms with E-state index < -0.39 is 11.8 Å². The van der Waals surface area contributed by atoms with Crippen LogP contribution in [0.3, 0.4) is 0 Å². The smallest absolute Gasteiger partial charge is 0.340 e. The van der Waals surface area contributed by atoms with Crippen molar-refractivity contribution >= 4 is 16.9 Å². The minimum Gasteiger partial charge on any atom is -0.492 e. The number of furan rings is 1. The Kier molecular flexibility index (Phi) is 6.27. The number of ether oxygens (including phenoxy) is 2.